The largest absolute Gasteiger partial charge is 0.508 e. The number of ether oxygens (including phenoxy) is 2. The third-order valence-corrected chi connectivity index (χ3v) is 4.48. The average molecular weight is 364 g/mol. The fourth-order valence-electron chi connectivity index (χ4n) is 2.74. The number of nitrogens with one attached hydrogen (secondary N) is 1. The highest BCUT2D eigenvalue weighted by molar-refractivity contribution is 6.32. The number of rotatable bonds is 5. The Morgan fingerprint density at radius 3 is 2.64 bits per heavy atom. The van der Waals surface area contributed by atoms with Gasteiger partial charge in [-0.25, -0.2) is 0 Å². The van der Waals surface area contributed by atoms with Crippen molar-refractivity contribution in [1.29, 1.82) is 0 Å². The molecule has 1 heterocycles. The molecule has 2 atom stereocenters. The summed E-state index contributed by atoms with van der Waals surface area (Å²) in [7, 11) is 0. The zero-order valence-electron chi connectivity index (χ0n) is 14.0. The maximum atomic E-state index is 10.4. The topological polar surface area (TPSA) is 71.0 Å². The summed E-state index contributed by atoms with van der Waals surface area (Å²) in [6.07, 6.45) is 0.144. The fraction of sp³-hybridized carbons (Fsp3) is 0.368. The molecule has 0 amide bonds. The van der Waals surface area contributed by atoms with E-state index in [1.54, 1.807) is 24.3 Å². The highest BCUT2D eigenvalue weighted by Gasteiger charge is 2.18. The summed E-state index contributed by atoms with van der Waals surface area (Å²) in [5, 5.41) is 23.6. The SMILES string of the molecule is C[C@@H](NCc1cc(Cl)c2c(c1)OCCCO2)[C@H](O)c1ccc(O)cc1. The van der Waals surface area contributed by atoms with Crippen LogP contribution in [0.25, 0.3) is 0 Å². The third kappa shape index (κ3) is 4.37. The monoisotopic (exact) mass is 363 g/mol. The predicted octanol–water partition coefficient (Wildman–Crippen LogP) is 3.42. The summed E-state index contributed by atoms with van der Waals surface area (Å²) in [5.74, 6) is 1.44. The lowest BCUT2D eigenvalue weighted by Gasteiger charge is -2.21. The van der Waals surface area contributed by atoms with Crippen molar-refractivity contribution in [2.24, 2.45) is 0 Å². The van der Waals surface area contributed by atoms with Crippen LogP contribution in [0, 0.1) is 0 Å². The second-order valence-electron chi connectivity index (χ2n) is 6.16. The molecule has 25 heavy (non-hydrogen) atoms. The second kappa shape index (κ2) is 7.95. The van der Waals surface area contributed by atoms with Crippen LogP contribution in [0.1, 0.15) is 30.6 Å². The van der Waals surface area contributed by atoms with Gasteiger partial charge in [0, 0.05) is 19.0 Å². The Bertz CT molecular complexity index is 720. The summed E-state index contributed by atoms with van der Waals surface area (Å²) in [6, 6.07) is 10.1. The van der Waals surface area contributed by atoms with Crippen molar-refractivity contribution in [3.05, 3.63) is 52.5 Å². The fourth-order valence-corrected chi connectivity index (χ4v) is 3.02. The molecule has 3 rings (SSSR count). The van der Waals surface area contributed by atoms with Crippen molar-refractivity contribution in [3.8, 4) is 17.2 Å². The van der Waals surface area contributed by atoms with E-state index in [9.17, 15) is 10.2 Å². The summed E-state index contributed by atoms with van der Waals surface area (Å²) >= 11 is 6.30. The number of fused-ring (bicyclic) bond motifs is 1. The van der Waals surface area contributed by atoms with Crippen molar-refractivity contribution in [1.82, 2.24) is 5.32 Å². The van der Waals surface area contributed by atoms with E-state index >= 15 is 0 Å². The van der Waals surface area contributed by atoms with Crippen LogP contribution in [0.4, 0.5) is 0 Å². The molecule has 0 spiro atoms. The molecule has 1 aliphatic heterocycles. The van der Waals surface area contributed by atoms with E-state index in [0.29, 0.717) is 36.3 Å². The number of aromatic hydroxyl groups is 1. The van der Waals surface area contributed by atoms with Crippen LogP contribution in [0.15, 0.2) is 36.4 Å². The van der Waals surface area contributed by atoms with Gasteiger partial charge in [-0.1, -0.05) is 23.7 Å². The van der Waals surface area contributed by atoms with Crippen LogP contribution in [0.5, 0.6) is 17.2 Å². The molecule has 0 saturated heterocycles. The molecular weight excluding hydrogens is 342 g/mol. The van der Waals surface area contributed by atoms with Gasteiger partial charge in [0.15, 0.2) is 11.5 Å². The Hall–Kier alpha value is -1.95. The van der Waals surface area contributed by atoms with E-state index in [1.165, 1.54) is 0 Å². The lowest BCUT2D eigenvalue weighted by molar-refractivity contribution is 0.135. The standard InChI is InChI=1S/C19H22ClNO4/c1-12(18(23)14-3-5-15(22)6-4-14)21-11-13-9-16(20)19-17(10-13)24-7-2-8-25-19/h3-6,9-10,12,18,21-23H,2,7-8,11H2,1H3/t12-,18+/m1/s1. The molecule has 134 valence electrons. The molecule has 0 radical (unpaired) electrons. The number of hydrogen-bond acceptors (Lipinski definition) is 5. The molecule has 0 unspecified atom stereocenters. The number of benzene rings is 2. The van der Waals surface area contributed by atoms with Gasteiger partial charge >= 0.3 is 0 Å². The summed E-state index contributed by atoms with van der Waals surface area (Å²) in [6.45, 7) is 3.64. The van der Waals surface area contributed by atoms with E-state index in [2.05, 4.69) is 5.32 Å². The Labute approximate surface area is 152 Å². The number of phenolic OH excluding ortho intramolecular Hbond substituents is 1. The number of aliphatic hydroxyl groups is 1. The lowest BCUT2D eigenvalue weighted by Crippen LogP contribution is -2.31. The van der Waals surface area contributed by atoms with Gasteiger partial charge < -0.3 is 25.0 Å². The lowest BCUT2D eigenvalue weighted by atomic mass is 10.0. The van der Waals surface area contributed by atoms with Crippen LogP contribution in [0.3, 0.4) is 0 Å². The predicted molar refractivity (Wildman–Crippen MR) is 96.4 cm³/mol. The van der Waals surface area contributed by atoms with Crippen molar-refractivity contribution in [3.63, 3.8) is 0 Å². The molecule has 6 heteroatoms. The molecular formula is C19H22ClNO4. The van der Waals surface area contributed by atoms with Gasteiger partial charge in [0.1, 0.15) is 5.75 Å². The molecule has 1 aliphatic rings. The minimum atomic E-state index is -0.684. The Morgan fingerprint density at radius 2 is 1.88 bits per heavy atom. The molecule has 3 N–H and O–H groups in total. The first-order chi connectivity index (χ1) is 12.0. The number of halogens is 1. The first kappa shape index (κ1) is 17.9. The van der Waals surface area contributed by atoms with Crippen molar-refractivity contribution >= 4 is 11.6 Å². The molecule has 0 saturated carbocycles. The van der Waals surface area contributed by atoms with Crippen LogP contribution in [-0.2, 0) is 6.54 Å². The summed E-state index contributed by atoms with van der Waals surface area (Å²) in [4.78, 5) is 0. The summed E-state index contributed by atoms with van der Waals surface area (Å²) in [5.41, 5.74) is 1.70. The van der Waals surface area contributed by atoms with E-state index in [0.717, 1.165) is 17.5 Å². The molecule has 2 aromatic carbocycles. The van der Waals surface area contributed by atoms with Gasteiger partial charge in [-0.15, -0.1) is 0 Å². The van der Waals surface area contributed by atoms with Gasteiger partial charge in [-0.3, -0.25) is 0 Å². The zero-order valence-corrected chi connectivity index (χ0v) is 14.8. The number of aliphatic hydroxyl groups excluding tert-OH is 1. The minimum Gasteiger partial charge on any atom is -0.508 e. The average Bonchev–Trinajstić information content (AvgIpc) is 2.85. The van der Waals surface area contributed by atoms with Crippen molar-refractivity contribution in [2.75, 3.05) is 13.2 Å². The van der Waals surface area contributed by atoms with Crippen molar-refractivity contribution in [2.45, 2.75) is 32.0 Å². The van der Waals surface area contributed by atoms with E-state index in [4.69, 9.17) is 21.1 Å². The van der Waals surface area contributed by atoms with Gasteiger partial charge in [0.05, 0.1) is 24.3 Å². The van der Waals surface area contributed by atoms with Crippen LogP contribution < -0.4 is 14.8 Å². The molecule has 5 nitrogen and oxygen atoms in total. The smallest absolute Gasteiger partial charge is 0.179 e. The van der Waals surface area contributed by atoms with Crippen LogP contribution in [-0.4, -0.2) is 29.5 Å². The molecule has 0 aromatic heterocycles. The van der Waals surface area contributed by atoms with Gasteiger partial charge in [0.25, 0.3) is 0 Å². The molecule has 0 bridgehead atoms. The zero-order chi connectivity index (χ0) is 17.8. The van der Waals surface area contributed by atoms with Crippen molar-refractivity contribution < 1.29 is 19.7 Å². The third-order valence-electron chi connectivity index (χ3n) is 4.20. The maximum absolute atomic E-state index is 10.4. The van der Waals surface area contributed by atoms with E-state index in [1.807, 2.05) is 19.1 Å². The quantitative estimate of drug-likeness (QED) is 0.759. The highest BCUT2D eigenvalue weighted by Crippen LogP contribution is 2.38. The minimum absolute atomic E-state index is 0.179. The number of phenols is 1. The maximum Gasteiger partial charge on any atom is 0.179 e. The first-order valence-corrected chi connectivity index (χ1v) is 8.71. The second-order valence-corrected chi connectivity index (χ2v) is 6.57. The van der Waals surface area contributed by atoms with E-state index in [-0.39, 0.29) is 11.8 Å². The normalized spacial score (nSPS) is 16.1. The Morgan fingerprint density at radius 1 is 1.16 bits per heavy atom. The molecule has 0 fully saturated rings. The van der Waals surface area contributed by atoms with Gasteiger partial charge in [-0.2, -0.15) is 0 Å². The first-order valence-electron chi connectivity index (χ1n) is 8.33. The summed E-state index contributed by atoms with van der Waals surface area (Å²) < 4.78 is 11.3. The highest BCUT2D eigenvalue weighted by atomic mass is 35.5. The van der Waals surface area contributed by atoms with E-state index < -0.39 is 6.10 Å². The van der Waals surface area contributed by atoms with Gasteiger partial charge in [-0.05, 0) is 42.3 Å². The molecule has 2 aromatic rings. The Kier molecular flexibility index (Phi) is 5.68. The Balaban J connectivity index is 1.65. The molecule has 0 aliphatic carbocycles. The number of hydrogen-bond donors (Lipinski definition) is 3. The van der Waals surface area contributed by atoms with Crippen LogP contribution in [0.2, 0.25) is 5.02 Å². The van der Waals surface area contributed by atoms with Crippen LogP contribution >= 0.6 is 11.6 Å². The van der Waals surface area contributed by atoms with Gasteiger partial charge in [0.2, 0.25) is 0 Å².